The van der Waals surface area contributed by atoms with Crippen LogP contribution in [-0.2, 0) is 14.3 Å². The van der Waals surface area contributed by atoms with Gasteiger partial charge in [-0.05, 0) is 38.5 Å². The first-order valence-corrected chi connectivity index (χ1v) is 8.85. The van der Waals surface area contributed by atoms with Crippen molar-refractivity contribution in [2.75, 3.05) is 33.5 Å². The molecule has 0 spiro atoms. The Morgan fingerprint density at radius 1 is 1.15 bits per heavy atom. The maximum atomic E-state index is 12.6. The normalized spacial score (nSPS) is 16.4. The predicted octanol–water partition coefficient (Wildman–Crippen LogP) is 2.30. The monoisotopic (exact) mass is 378 g/mol. The highest BCUT2D eigenvalue weighted by molar-refractivity contribution is 5.95. The largest absolute Gasteiger partial charge is 0.493 e. The van der Waals surface area contributed by atoms with Gasteiger partial charge in [0, 0.05) is 12.3 Å². The number of rotatable bonds is 9. The molecule has 0 aromatic heterocycles. The van der Waals surface area contributed by atoms with Gasteiger partial charge in [-0.1, -0.05) is 6.07 Å². The van der Waals surface area contributed by atoms with Gasteiger partial charge in [0.2, 0.25) is 0 Å². The zero-order valence-corrected chi connectivity index (χ0v) is 16.1. The number of benzene rings is 1. The lowest BCUT2D eigenvalue weighted by atomic mass is 9.95. The molecular formula is C19H26N2O6. The van der Waals surface area contributed by atoms with Gasteiger partial charge in [-0.3, -0.25) is 0 Å². The van der Waals surface area contributed by atoms with Crippen LogP contribution in [0.2, 0.25) is 0 Å². The summed E-state index contributed by atoms with van der Waals surface area (Å²) in [5.74, 6) is 0.590. The molecule has 0 saturated carbocycles. The van der Waals surface area contributed by atoms with Crippen molar-refractivity contribution in [2.24, 2.45) is 0 Å². The Labute approximate surface area is 158 Å². The van der Waals surface area contributed by atoms with E-state index in [1.165, 1.54) is 7.11 Å². The van der Waals surface area contributed by atoms with Crippen LogP contribution in [0.25, 0.3) is 0 Å². The van der Waals surface area contributed by atoms with Crippen LogP contribution in [0.5, 0.6) is 11.5 Å². The lowest BCUT2D eigenvalue weighted by molar-refractivity contribution is -0.141. The van der Waals surface area contributed by atoms with E-state index in [2.05, 4.69) is 10.6 Å². The molecule has 8 nitrogen and oxygen atoms in total. The molecule has 1 aromatic rings. The molecule has 2 N–H and O–H groups in total. The Morgan fingerprint density at radius 3 is 2.59 bits per heavy atom. The fourth-order valence-electron chi connectivity index (χ4n) is 2.77. The molecule has 0 bridgehead atoms. The van der Waals surface area contributed by atoms with Gasteiger partial charge < -0.3 is 29.6 Å². The van der Waals surface area contributed by atoms with Crippen molar-refractivity contribution >= 4 is 12.0 Å². The van der Waals surface area contributed by atoms with Crippen LogP contribution < -0.4 is 20.1 Å². The third-order valence-corrected chi connectivity index (χ3v) is 3.97. The van der Waals surface area contributed by atoms with Crippen LogP contribution in [0.1, 0.15) is 32.4 Å². The van der Waals surface area contributed by atoms with Crippen molar-refractivity contribution in [3.05, 3.63) is 35.0 Å². The van der Waals surface area contributed by atoms with Crippen molar-refractivity contribution in [2.45, 2.75) is 26.8 Å². The number of allylic oxidation sites excluding steroid dienone is 1. The molecule has 1 aliphatic rings. The predicted molar refractivity (Wildman–Crippen MR) is 98.7 cm³/mol. The number of urea groups is 1. The van der Waals surface area contributed by atoms with Crippen LogP contribution >= 0.6 is 0 Å². The summed E-state index contributed by atoms with van der Waals surface area (Å²) in [5, 5.41) is 5.38. The number of carbonyl (C=O) groups is 2. The number of amides is 2. The van der Waals surface area contributed by atoms with E-state index in [0.29, 0.717) is 48.2 Å². The highest BCUT2D eigenvalue weighted by Gasteiger charge is 2.32. The van der Waals surface area contributed by atoms with E-state index in [0.717, 1.165) is 0 Å². The van der Waals surface area contributed by atoms with Gasteiger partial charge >= 0.3 is 12.0 Å². The van der Waals surface area contributed by atoms with Gasteiger partial charge in [0.15, 0.2) is 11.5 Å². The minimum Gasteiger partial charge on any atom is -0.493 e. The minimum atomic E-state index is -0.664. The first-order valence-electron chi connectivity index (χ1n) is 8.85. The second-order valence-electron chi connectivity index (χ2n) is 5.75. The van der Waals surface area contributed by atoms with Gasteiger partial charge in [0.25, 0.3) is 0 Å². The van der Waals surface area contributed by atoms with E-state index in [-0.39, 0.29) is 6.61 Å². The zero-order valence-electron chi connectivity index (χ0n) is 16.1. The van der Waals surface area contributed by atoms with E-state index in [1.807, 2.05) is 13.8 Å². The maximum Gasteiger partial charge on any atom is 0.338 e. The third kappa shape index (κ3) is 5.13. The summed E-state index contributed by atoms with van der Waals surface area (Å²) < 4.78 is 21.4. The number of ether oxygens (including phenoxy) is 4. The second kappa shape index (κ2) is 9.82. The third-order valence-electron chi connectivity index (χ3n) is 3.97. The first-order chi connectivity index (χ1) is 13.0. The van der Waals surface area contributed by atoms with E-state index < -0.39 is 18.0 Å². The van der Waals surface area contributed by atoms with Gasteiger partial charge in [-0.15, -0.1) is 0 Å². The van der Waals surface area contributed by atoms with Gasteiger partial charge in [-0.25, -0.2) is 9.59 Å². The molecule has 1 aromatic carbocycles. The molecule has 0 aliphatic carbocycles. The standard InChI is InChI=1S/C19H26N2O6/c1-5-25-9-10-27-18(22)16-12(3)20-19(23)21-17(16)13-7-8-14(26-6-2)15(11-13)24-4/h7-8,11,17H,5-6,9-10H2,1-4H3,(H2,20,21,23)/t17-/m0/s1. The summed E-state index contributed by atoms with van der Waals surface area (Å²) in [5.41, 5.74) is 1.46. The Balaban J connectivity index is 2.30. The molecule has 2 rings (SSSR count). The van der Waals surface area contributed by atoms with Crippen LogP contribution in [0.3, 0.4) is 0 Å². The highest BCUT2D eigenvalue weighted by atomic mass is 16.6. The number of nitrogens with one attached hydrogen (secondary N) is 2. The molecule has 0 fully saturated rings. The Kier molecular flexibility index (Phi) is 7.48. The zero-order chi connectivity index (χ0) is 19.8. The molecular weight excluding hydrogens is 352 g/mol. The molecule has 0 unspecified atom stereocenters. The Morgan fingerprint density at radius 2 is 1.93 bits per heavy atom. The average molecular weight is 378 g/mol. The van der Waals surface area contributed by atoms with Crippen molar-refractivity contribution in [3.63, 3.8) is 0 Å². The van der Waals surface area contributed by atoms with Gasteiger partial charge in [-0.2, -0.15) is 0 Å². The fraction of sp³-hybridized carbons (Fsp3) is 0.474. The van der Waals surface area contributed by atoms with Crippen molar-refractivity contribution in [3.8, 4) is 11.5 Å². The number of carbonyl (C=O) groups excluding carboxylic acids is 2. The topological polar surface area (TPSA) is 95.1 Å². The number of esters is 1. The van der Waals surface area contributed by atoms with Gasteiger partial charge in [0.1, 0.15) is 6.61 Å². The number of methoxy groups -OCH3 is 1. The summed E-state index contributed by atoms with van der Waals surface area (Å²) in [6, 6.07) is 4.21. The quantitative estimate of drug-likeness (QED) is 0.506. The smallest absolute Gasteiger partial charge is 0.338 e. The molecule has 8 heteroatoms. The number of hydrogen-bond donors (Lipinski definition) is 2. The van der Waals surface area contributed by atoms with Crippen molar-refractivity contribution in [1.29, 1.82) is 0 Å². The lowest BCUT2D eigenvalue weighted by Gasteiger charge is -2.28. The first kappa shape index (κ1) is 20.6. The Bertz CT molecular complexity index is 716. The summed E-state index contributed by atoms with van der Waals surface area (Å²) in [7, 11) is 1.53. The molecule has 27 heavy (non-hydrogen) atoms. The van der Waals surface area contributed by atoms with E-state index in [4.69, 9.17) is 18.9 Å². The molecule has 148 valence electrons. The second-order valence-corrected chi connectivity index (χ2v) is 5.75. The molecule has 1 heterocycles. The van der Waals surface area contributed by atoms with E-state index >= 15 is 0 Å². The molecule has 0 radical (unpaired) electrons. The van der Waals surface area contributed by atoms with Crippen molar-refractivity contribution in [1.82, 2.24) is 10.6 Å². The molecule has 2 amide bonds. The minimum absolute atomic E-state index is 0.136. The fourth-order valence-corrected chi connectivity index (χ4v) is 2.77. The van der Waals surface area contributed by atoms with Crippen LogP contribution in [0.4, 0.5) is 4.79 Å². The average Bonchev–Trinajstić information content (AvgIpc) is 2.65. The SMILES string of the molecule is CCOCCOC(=O)C1=C(C)NC(=O)N[C@H]1c1ccc(OCC)c(OC)c1. The van der Waals surface area contributed by atoms with E-state index in [1.54, 1.807) is 25.1 Å². The van der Waals surface area contributed by atoms with E-state index in [9.17, 15) is 9.59 Å². The highest BCUT2D eigenvalue weighted by Crippen LogP contribution is 2.34. The summed E-state index contributed by atoms with van der Waals surface area (Å²) in [6.45, 7) is 6.90. The molecule has 0 saturated heterocycles. The van der Waals surface area contributed by atoms with Crippen LogP contribution in [0, 0.1) is 0 Å². The van der Waals surface area contributed by atoms with Gasteiger partial charge in [0.05, 0.1) is 31.9 Å². The summed E-state index contributed by atoms with van der Waals surface area (Å²) in [6.07, 6.45) is 0. The summed E-state index contributed by atoms with van der Waals surface area (Å²) >= 11 is 0. The molecule has 1 atom stereocenters. The van der Waals surface area contributed by atoms with Crippen LogP contribution in [0.15, 0.2) is 29.5 Å². The maximum absolute atomic E-state index is 12.6. The van der Waals surface area contributed by atoms with Crippen molar-refractivity contribution < 1.29 is 28.5 Å². The van der Waals surface area contributed by atoms with Crippen LogP contribution in [-0.4, -0.2) is 45.5 Å². The lowest BCUT2D eigenvalue weighted by Crippen LogP contribution is -2.45. The molecule has 1 aliphatic heterocycles. The Hall–Kier alpha value is -2.74. The number of hydrogen-bond acceptors (Lipinski definition) is 6. The summed E-state index contributed by atoms with van der Waals surface area (Å²) in [4.78, 5) is 24.6.